The number of thioether (sulfide) groups is 1. The zero-order chi connectivity index (χ0) is 22.2. The number of carbonyl (C=O) groups excluding carboxylic acids is 1. The van der Waals surface area contributed by atoms with Crippen molar-refractivity contribution in [2.75, 3.05) is 26.0 Å². The molecular formula is C24H29N5O2S. The van der Waals surface area contributed by atoms with Gasteiger partial charge in [-0.1, -0.05) is 54.6 Å². The third-order valence-corrected chi connectivity index (χ3v) is 6.46. The van der Waals surface area contributed by atoms with Crippen LogP contribution in [0.4, 0.5) is 0 Å². The summed E-state index contributed by atoms with van der Waals surface area (Å²) < 4.78 is 7.43. The van der Waals surface area contributed by atoms with E-state index in [1.54, 1.807) is 7.11 Å². The van der Waals surface area contributed by atoms with E-state index < -0.39 is 0 Å². The minimum absolute atomic E-state index is 0.0545. The van der Waals surface area contributed by atoms with Crippen molar-refractivity contribution in [1.29, 1.82) is 0 Å². The van der Waals surface area contributed by atoms with Crippen molar-refractivity contribution in [3.63, 3.8) is 0 Å². The van der Waals surface area contributed by atoms with Crippen LogP contribution in [0.15, 0.2) is 59.8 Å². The molecule has 0 aliphatic carbocycles. The Hall–Kier alpha value is -2.84. The van der Waals surface area contributed by atoms with Gasteiger partial charge < -0.3 is 10.1 Å². The molecule has 0 atom stereocenters. The van der Waals surface area contributed by atoms with Crippen LogP contribution in [-0.2, 0) is 17.9 Å². The van der Waals surface area contributed by atoms with Crippen molar-refractivity contribution in [2.24, 2.45) is 0 Å². The molecule has 2 heterocycles. The maximum atomic E-state index is 12.5. The van der Waals surface area contributed by atoms with Gasteiger partial charge in [-0.3, -0.25) is 14.3 Å². The zero-order valence-corrected chi connectivity index (χ0v) is 19.2. The average Bonchev–Trinajstić information content (AvgIpc) is 3.25. The van der Waals surface area contributed by atoms with E-state index in [1.807, 2.05) is 42.5 Å². The number of ether oxygens (including phenoxy) is 1. The number of aromatic nitrogens is 3. The Labute approximate surface area is 193 Å². The fourth-order valence-electron chi connectivity index (χ4n) is 3.87. The van der Waals surface area contributed by atoms with Crippen molar-refractivity contribution in [2.45, 2.75) is 37.5 Å². The zero-order valence-electron chi connectivity index (χ0n) is 18.4. The maximum absolute atomic E-state index is 12.5. The molecule has 1 aliphatic rings. The first-order valence-corrected chi connectivity index (χ1v) is 12.0. The van der Waals surface area contributed by atoms with E-state index in [1.165, 1.54) is 31.0 Å². The number of carbonyl (C=O) groups is 1. The maximum Gasteiger partial charge on any atom is 0.230 e. The first-order valence-electron chi connectivity index (χ1n) is 11.0. The van der Waals surface area contributed by atoms with Crippen LogP contribution in [-0.4, -0.2) is 51.5 Å². The van der Waals surface area contributed by atoms with Gasteiger partial charge in [0.1, 0.15) is 5.75 Å². The van der Waals surface area contributed by atoms with E-state index in [-0.39, 0.29) is 11.7 Å². The lowest BCUT2D eigenvalue weighted by Crippen LogP contribution is -2.30. The number of piperidine rings is 1. The lowest BCUT2D eigenvalue weighted by molar-refractivity contribution is -0.118. The van der Waals surface area contributed by atoms with Crippen LogP contribution in [0, 0.1) is 0 Å². The summed E-state index contributed by atoms with van der Waals surface area (Å²) in [5.74, 6) is 1.90. The Kier molecular flexibility index (Phi) is 7.79. The summed E-state index contributed by atoms with van der Waals surface area (Å²) in [5.41, 5.74) is 1.96. The van der Waals surface area contributed by atoms with Crippen LogP contribution < -0.4 is 10.1 Å². The van der Waals surface area contributed by atoms with Crippen LogP contribution in [0.3, 0.4) is 0 Å². The van der Waals surface area contributed by atoms with Crippen molar-refractivity contribution >= 4 is 17.7 Å². The average molecular weight is 452 g/mol. The lowest BCUT2D eigenvalue weighted by Gasteiger charge is -2.26. The molecule has 0 saturated carbocycles. The Morgan fingerprint density at radius 2 is 1.78 bits per heavy atom. The van der Waals surface area contributed by atoms with E-state index in [4.69, 9.17) is 4.74 Å². The first kappa shape index (κ1) is 22.4. The number of hydrogen-bond acceptors (Lipinski definition) is 6. The van der Waals surface area contributed by atoms with Gasteiger partial charge in [0, 0.05) is 17.8 Å². The molecule has 1 aromatic heterocycles. The number of nitrogens with zero attached hydrogens (tertiary/aromatic N) is 4. The molecule has 0 spiro atoms. The number of nitrogens with one attached hydrogen (secondary N) is 1. The second-order valence-electron chi connectivity index (χ2n) is 7.78. The molecule has 3 aromatic rings. The topological polar surface area (TPSA) is 72.3 Å². The molecule has 1 amide bonds. The van der Waals surface area contributed by atoms with Crippen molar-refractivity contribution in [1.82, 2.24) is 25.0 Å². The van der Waals surface area contributed by atoms with Crippen molar-refractivity contribution in [3.05, 3.63) is 66.0 Å². The molecule has 8 heteroatoms. The standard InChI is InChI=1S/C24H29N5O2S/c1-31-21-13-7-6-10-19(21)16-25-23(30)18-32-24-27-26-22(17-28-14-8-3-9-15-28)29(24)20-11-4-2-5-12-20/h2,4-7,10-13H,3,8-9,14-18H2,1H3,(H,25,30). The second-order valence-corrected chi connectivity index (χ2v) is 8.73. The lowest BCUT2D eigenvalue weighted by atomic mass is 10.1. The summed E-state index contributed by atoms with van der Waals surface area (Å²) in [7, 11) is 1.63. The monoisotopic (exact) mass is 451 g/mol. The predicted octanol–water partition coefficient (Wildman–Crippen LogP) is 3.67. The number of rotatable bonds is 9. The Morgan fingerprint density at radius 3 is 2.56 bits per heavy atom. The van der Waals surface area contributed by atoms with Crippen LogP contribution in [0.2, 0.25) is 0 Å². The molecule has 0 unspecified atom stereocenters. The minimum Gasteiger partial charge on any atom is -0.496 e. The molecule has 0 radical (unpaired) electrons. The van der Waals surface area contributed by atoms with Crippen LogP contribution in [0.25, 0.3) is 5.69 Å². The Bertz CT molecular complexity index is 1020. The normalized spacial score (nSPS) is 14.3. The Morgan fingerprint density at radius 1 is 1.03 bits per heavy atom. The number of amides is 1. The molecule has 4 rings (SSSR count). The van der Waals surface area contributed by atoms with E-state index in [0.717, 1.165) is 47.6 Å². The highest BCUT2D eigenvalue weighted by Crippen LogP contribution is 2.24. The molecule has 32 heavy (non-hydrogen) atoms. The number of benzene rings is 2. The highest BCUT2D eigenvalue weighted by atomic mass is 32.2. The van der Waals surface area contributed by atoms with Gasteiger partial charge in [-0.25, -0.2) is 0 Å². The van der Waals surface area contributed by atoms with Crippen molar-refractivity contribution < 1.29 is 9.53 Å². The van der Waals surface area contributed by atoms with E-state index in [0.29, 0.717) is 6.54 Å². The molecule has 1 fully saturated rings. The second kappa shape index (κ2) is 11.2. The summed E-state index contributed by atoms with van der Waals surface area (Å²) >= 11 is 1.41. The third kappa shape index (κ3) is 5.69. The van der Waals surface area contributed by atoms with E-state index >= 15 is 0 Å². The SMILES string of the molecule is COc1ccccc1CNC(=O)CSc1nnc(CN2CCCCC2)n1-c1ccccc1. The number of hydrogen-bond donors (Lipinski definition) is 1. The van der Waals surface area contributed by atoms with Crippen LogP contribution >= 0.6 is 11.8 Å². The molecule has 1 saturated heterocycles. The minimum atomic E-state index is -0.0545. The van der Waals surface area contributed by atoms with Gasteiger partial charge in [0.25, 0.3) is 0 Å². The first-order chi connectivity index (χ1) is 15.7. The van der Waals surface area contributed by atoms with Gasteiger partial charge >= 0.3 is 0 Å². The van der Waals surface area contributed by atoms with Crippen molar-refractivity contribution in [3.8, 4) is 11.4 Å². The molecule has 0 bridgehead atoms. The summed E-state index contributed by atoms with van der Waals surface area (Å²) in [6.07, 6.45) is 3.76. The fraction of sp³-hybridized carbons (Fsp3) is 0.375. The summed E-state index contributed by atoms with van der Waals surface area (Å²) in [6, 6.07) is 17.8. The van der Waals surface area contributed by atoms with E-state index in [2.05, 4.69) is 37.1 Å². The van der Waals surface area contributed by atoms with Gasteiger partial charge in [-0.15, -0.1) is 10.2 Å². The third-order valence-electron chi connectivity index (χ3n) is 5.53. The number of para-hydroxylation sites is 2. The molecule has 168 valence electrons. The Balaban J connectivity index is 1.43. The summed E-state index contributed by atoms with van der Waals surface area (Å²) in [4.78, 5) is 15.0. The van der Waals surface area contributed by atoms with Gasteiger partial charge in [0.2, 0.25) is 5.91 Å². The van der Waals surface area contributed by atoms with E-state index in [9.17, 15) is 4.79 Å². The molecule has 2 aromatic carbocycles. The van der Waals surface area contributed by atoms with Gasteiger partial charge in [-0.05, 0) is 44.1 Å². The van der Waals surface area contributed by atoms with Crippen LogP contribution in [0.5, 0.6) is 5.75 Å². The smallest absolute Gasteiger partial charge is 0.230 e. The molecule has 1 N–H and O–H groups in total. The highest BCUT2D eigenvalue weighted by molar-refractivity contribution is 7.99. The van der Waals surface area contributed by atoms with Gasteiger partial charge in [-0.2, -0.15) is 0 Å². The molecular weight excluding hydrogens is 422 g/mol. The fourth-order valence-corrected chi connectivity index (χ4v) is 4.67. The largest absolute Gasteiger partial charge is 0.496 e. The highest BCUT2D eigenvalue weighted by Gasteiger charge is 2.19. The molecule has 1 aliphatic heterocycles. The van der Waals surface area contributed by atoms with Gasteiger partial charge in [0.15, 0.2) is 11.0 Å². The summed E-state index contributed by atoms with van der Waals surface area (Å²) in [6.45, 7) is 3.38. The van der Waals surface area contributed by atoms with Crippen LogP contribution in [0.1, 0.15) is 30.7 Å². The quantitative estimate of drug-likeness (QED) is 0.501. The predicted molar refractivity (Wildman–Crippen MR) is 126 cm³/mol. The molecule has 7 nitrogen and oxygen atoms in total. The summed E-state index contributed by atoms with van der Waals surface area (Å²) in [5, 5.41) is 12.6. The number of likely N-dealkylation sites (tertiary alicyclic amines) is 1. The van der Waals surface area contributed by atoms with Gasteiger partial charge in [0.05, 0.1) is 19.4 Å². The number of methoxy groups -OCH3 is 1.